The Morgan fingerprint density at radius 1 is 0.242 bits per heavy atom. The van der Waals surface area contributed by atoms with Crippen molar-refractivity contribution in [2.24, 2.45) is 0 Å². The summed E-state index contributed by atoms with van der Waals surface area (Å²) in [5.41, 5.74) is -15.6. The molecule has 8 aromatic carbocycles. The molecule has 8 aromatic rings. The fraction of sp³-hybridized carbons (Fsp3) is 0.120. The van der Waals surface area contributed by atoms with Crippen LogP contribution in [-0.4, -0.2) is 24.7 Å². The normalized spacial score (nSPS) is 15.4. The summed E-state index contributed by atoms with van der Waals surface area (Å²) in [6.45, 7) is 0. The summed E-state index contributed by atoms with van der Waals surface area (Å²) >= 11 is 0. The molecule has 0 N–H and O–H groups in total. The molecule has 0 atom stereocenters. The lowest BCUT2D eigenvalue weighted by Gasteiger charge is -2.36. The molecule has 2 aliphatic carbocycles. The molecule has 0 bridgehead atoms. The first-order valence-corrected chi connectivity index (χ1v) is 19.1. The highest BCUT2D eigenvalue weighted by Gasteiger charge is 2.77. The number of halogens is 12. The largest absolute Gasteiger partial charge is 0.411 e. The van der Waals surface area contributed by atoms with E-state index >= 15 is 52.7 Å². The molecule has 0 saturated carbocycles. The Kier molecular flexibility index (Phi) is 8.28. The van der Waals surface area contributed by atoms with Crippen molar-refractivity contribution in [2.75, 3.05) is 0 Å². The van der Waals surface area contributed by atoms with Crippen LogP contribution in [0.25, 0.3) is 77.2 Å². The zero-order valence-electron chi connectivity index (χ0n) is 31.5. The maximum absolute atomic E-state index is 15.5. The quantitative estimate of drug-likeness (QED) is 0.155. The van der Waals surface area contributed by atoms with Gasteiger partial charge in [-0.25, -0.2) is 0 Å². The minimum atomic E-state index is -6.00. The fourth-order valence-corrected chi connectivity index (χ4v) is 9.65. The third-order valence-corrected chi connectivity index (χ3v) is 12.5. The topological polar surface area (TPSA) is 0 Å². The number of benzene rings is 8. The molecular formula is C50H26F12. The van der Waals surface area contributed by atoms with E-state index in [4.69, 9.17) is 0 Å². The Balaban J connectivity index is 1.15. The van der Waals surface area contributed by atoms with Gasteiger partial charge in [0.1, 0.15) is 0 Å². The lowest BCUT2D eigenvalue weighted by atomic mass is 9.74. The molecule has 0 spiro atoms. The monoisotopic (exact) mass is 854 g/mol. The first kappa shape index (κ1) is 39.6. The van der Waals surface area contributed by atoms with Crippen LogP contribution in [0, 0.1) is 0 Å². The minimum absolute atomic E-state index is 0.0676. The van der Waals surface area contributed by atoms with Gasteiger partial charge in [-0.2, -0.15) is 52.7 Å². The molecule has 62 heavy (non-hydrogen) atoms. The van der Waals surface area contributed by atoms with Crippen LogP contribution in [0.5, 0.6) is 0 Å². The van der Waals surface area contributed by atoms with Crippen LogP contribution in [0.2, 0.25) is 0 Å². The van der Waals surface area contributed by atoms with Gasteiger partial charge in [-0.1, -0.05) is 121 Å². The number of fused-ring (bicyclic) bond motifs is 8. The molecule has 0 aliphatic heterocycles. The molecule has 0 aromatic heterocycles. The summed E-state index contributed by atoms with van der Waals surface area (Å²) in [6.07, 6.45) is -24.0. The standard InChI is InChI=1S/C50H26F12/c51-47(52,53)45(48(54,55)56)41-23-33(31-11-9-27-5-1-3-7-29(27)21-31)13-17-37(41)39-19-15-35(25-43(39)45)36-16-20-40-38-18-14-34(32-12-10-28-6-2-4-8-30(28)22-32)24-42(38)46(44(40)26-36,49(57,58)59)50(60,61)62/h1-26H. The van der Waals surface area contributed by atoms with Gasteiger partial charge < -0.3 is 0 Å². The number of alkyl halides is 12. The van der Waals surface area contributed by atoms with E-state index in [0.29, 0.717) is 34.0 Å². The average Bonchev–Trinajstić information content (AvgIpc) is 3.71. The minimum Gasteiger partial charge on any atom is -0.169 e. The molecule has 0 heterocycles. The number of hydrogen-bond acceptors (Lipinski definition) is 0. The molecule has 0 amide bonds. The smallest absolute Gasteiger partial charge is 0.169 e. The zero-order valence-corrected chi connectivity index (χ0v) is 31.5. The van der Waals surface area contributed by atoms with Gasteiger partial charge >= 0.3 is 24.7 Å². The van der Waals surface area contributed by atoms with E-state index in [1.165, 1.54) is 12.1 Å². The average molecular weight is 855 g/mol. The van der Waals surface area contributed by atoms with Crippen molar-refractivity contribution in [3.63, 3.8) is 0 Å². The van der Waals surface area contributed by atoms with Gasteiger partial charge in [0.05, 0.1) is 0 Å². The van der Waals surface area contributed by atoms with Crippen LogP contribution < -0.4 is 0 Å². The molecule has 310 valence electrons. The zero-order chi connectivity index (χ0) is 43.8. The van der Waals surface area contributed by atoms with Crippen molar-refractivity contribution in [1.29, 1.82) is 0 Å². The van der Waals surface area contributed by atoms with E-state index in [9.17, 15) is 0 Å². The van der Waals surface area contributed by atoms with Crippen LogP contribution in [0.3, 0.4) is 0 Å². The maximum atomic E-state index is 15.5. The molecule has 12 heteroatoms. The van der Waals surface area contributed by atoms with Crippen LogP contribution in [-0.2, 0) is 10.8 Å². The van der Waals surface area contributed by atoms with E-state index in [1.54, 1.807) is 84.9 Å². The van der Waals surface area contributed by atoms with E-state index in [-0.39, 0.29) is 22.3 Å². The van der Waals surface area contributed by atoms with Gasteiger partial charge in [0.25, 0.3) is 0 Å². The van der Waals surface area contributed by atoms with Crippen LogP contribution in [0.4, 0.5) is 52.7 Å². The first-order chi connectivity index (χ1) is 29.3. The highest BCUT2D eigenvalue weighted by Crippen LogP contribution is 2.66. The Morgan fingerprint density at radius 3 is 0.726 bits per heavy atom. The molecule has 0 fully saturated rings. The molecule has 2 aliphatic rings. The Morgan fingerprint density at radius 2 is 0.468 bits per heavy atom. The van der Waals surface area contributed by atoms with Crippen LogP contribution in [0.1, 0.15) is 22.3 Å². The second kappa shape index (κ2) is 13.0. The van der Waals surface area contributed by atoms with Crippen molar-refractivity contribution in [3.05, 3.63) is 180 Å². The highest BCUT2D eigenvalue weighted by atomic mass is 19.4. The molecule has 0 unspecified atom stereocenters. The summed E-state index contributed by atoms with van der Waals surface area (Å²) in [5.74, 6) is 0. The van der Waals surface area contributed by atoms with Gasteiger partial charge in [0.15, 0.2) is 0 Å². The van der Waals surface area contributed by atoms with Gasteiger partial charge in [-0.15, -0.1) is 0 Å². The van der Waals surface area contributed by atoms with Gasteiger partial charge in [-0.3, -0.25) is 0 Å². The van der Waals surface area contributed by atoms with E-state index in [2.05, 4.69) is 0 Å². The number of hydrogen-bond donors (Lipinski definition) is 0. The summed E-state index contributed by atoms with van der Waals surface area (Å²) in [5, 5.41) is 2.97. The first-order valence-electron chi connectivity index (χ1n) is 19.1. The van der Waals surface area contributed by atoms with Crippen LogP contribution >= 0.6 is 0 Å². The van der Waals surface area contributed by atoms with Crippen LogP contribution in [0.15, 0.2) is 158 Å². The predicted molar refractivity (Wildman–Crippen MR) is 214 cm³/mol. The van der Waals surface area contributed by atoms with Crippen molar-refractivity contribution >= 4 is 21.5 Å². The van der Waals surface area contributed by atoms with E-state index in [0.717, 1.165) is 59.3 Å². The Labute approximate surface area is 344 Å². The highest BCUT2D eigenvalue weighted by molar-refractivity contribution is 5.93. The lowest BCUT2D eigenvalue weighted by molar-refractivity contribution is -0.288. The molecule has 0 saturated heterocycles. The Hall–Kier alpha value is -6.56. The summed E-state index contributed by atoms with van der Waals surface area (Å²) in [6, 6.07) is 36.1. The maximum Gasteiger partial charge on any atom is 0.411 e. The molecular weight excluding hydrogens is 829 g/mol. The molecule has 10 rings (SSSR count). The predicted octanol–water partition coefficient (Wildman–Crippen LogP) is 15.8. The molecule has 0 nitrogen and oxygen atoms in total. The van der Waals surface area contributed by atoms with Crippen molar-refractivity contribution in [3.8, 4) is 55.6 Å². The molecule has 0 radical (unpaired) electrons. The third-order valence-electron chi connectivity index (χ3n) is 12.5. The van der Waals surface area contributed by atoms with Gasteiger partial charge in [0, 0.05) is 0 Å². The van der Waals surface area contributed by atoms with E-state index in [1.807, 2.05) is 0 Å². The number of rotatable bonds is 3. The second-order valence-corrected chi connectivity index (χ2v) is 15.7. The summed E-state index contributed by atoms with van der Waals surface area (Å²) in [4.78, 5) is 0. The summed E-state index contributed by atoms with van der Waals surface area (Å²) < 4.78 is 186. The van der Waals surface area contributed by atoms with Crippen molar-refractivity contribution in [1.82, 2.24) is 0 Å². The van der Waals surface area contributed by atoms with Gasteiger partial charge in [-0.05, 0) is 136 Å². The van der Waals surface area contributed by atoms with Crippen molar-refractivity contribution in [2.45, 2.75) is 35.5 Å². The van der Waals surface area contributed by atoms with E-state index < -0.39 is 80.0 Å². The lowest BCUT2D eigenvalue weighted by Crippen LogP contribution is -2.53. The Bertz CT molecular complexity index is 2910. The van der Waals surface area contributed by atoms with Crippen molar-refractivity contribution < 1.29 is 52.7 Å². The van der Waals surface area contributed by atoms with Gasteiger partial charge in [0.2, 0.25) is 10.8 Å². The fourth-order valence-electron chi connectivity index (χ4n) is 9.65. The second-order valence-electron chi connectivity index (χ2n) is 15.7. The summed E-state index contributed by atoms with van der Waals surface area (Å²) in [7, 11) is 0. The third kappa shape index (κ3) is 5.37. The SMILES string of the molecule is FC(F)(F)C1(C(F)(F)F)c2cc(-c3ccc4c(c3)C(C(F)(F)F)(C(F)(F)F)c3cc(-c5ccc6ccccc6c5)ccc3-4)ccc2-c2ccc(-c3ccc4ccccc4c3)cc21.